The molecule has 2 heterocycles. The van der Waals surface area contributed by atoms with Gasteiger partial charge >= 0.3 is 0 Å². The molecule has 0 radical (unpaired) electrons. The molecule has 142 valence electrons. The molecule has 27 heavy (non-hydrogen) atoms. The summed E-state index contributed by atoms with van der Waals surface area (Å²) in [5.74, 6) is 0.387. The Bertz CT molecular complexity index is 818. The summed E-state index contributed by atoms with van der Waals surface area (Å²) in [5, 5.41) is 16.0. The van der Waals surface area contributed by atoms with Gasteiger partial charge in [-0.3, -0.25) is 4.79 Å². The molecule has 1 aliphatic rings. The highest BCUT2D eigenvalue weighted by Gasteiger charge is 2.19. The fraction of sp³-hybridized carbons (Fsp3) is 0.333. The quantitative estimate of drug-likeness (QED) is 0.647. The number of piperidine rings is 1. The van der Waals surface area contributed by atoms with Gasteiger partial charge in [-0.1, -0.05) is 36.4 Å². The lowest BCUT2D eigenvalue weighted by Gasteiger charge is -2.20. The Labute approximate surface area is 163 Å². The Kier molecular flexibility index (Phi) is 7.33. The van der Waals surface area contributed by atoms with Crippen molar-refractivity contribution in [2.45, 2.75) is 18.8 Å². The van der Waals surface area contributed by atoms with Gasteiger partial charge in [0.1, 0.15) is 0 Å². The molecule has 4 rings (SSSR count). The molecule has 1 saturated heterocycles. The highest BCUT2D eigenvalue weighted by Crippen LogP contribution is 2.32. The number of carbonyl (C=O) groups excluding carboxylic acids is 1. The number of nitrogens with one attached hydrogen (secondary N) is 2. The summed E-state index contributed by atoms with van der Waals surface area (Å²) in [6.07, 6.45) is 2.26. The zero-order valence-electron chi connectivity index (χ0n) is 15.2. The van der Waals surface area contributed by atoms with Crippen molar-refractivity contribution < 1.29 is 9.90 Å². The van der Waals surface area contributed by atoms with E-state index < -0.39 is 0 Å². The lowest BCUT2D eigenvalue weighted by Crippen LogP contribution is -2.26. The van der Waals surface area contributed by atoms with Crippen molar-refractivity contribution in [3.05, 3.63) is 65.2 Å². The van der Waals surface area contributed by atoms with Crippen LogP contribution in [0.2, 0.25) is 0 Å². The van der Waals surface area contributed by atoms with Gasteiger partial charge in [0.25, 0.3) is 5.91 Å². The first-order chi connectivity index (χ1) is 13.3. The van der Waals surface area contributed by atoms with E-state index in [1.807, 2.05) is 48.5 Å². The molecular formula is C21H25N3O2S. The standard InChI is InChI=1S/C15H19N3O2S.C6H6/c19-8-7-17-14(20)11-1-2-12-13(9-11)21-15(18-12)10-3-5-16-6-4-10;1-2-4-6-5-3-1/h1-2,9-10,16,19H,3-8H2,(H,17,20);1-6H. The fourth-order valence-corrected chi connectivity index (χ4v) is 4.16. The van der Waals surface area contributed by atoms with Gasteiger partial charge in [-0.05, 0) is 44.1 Å². The third-order valence-corrected chi connectivity index (χ3v) is 5.60. The van der Waals surface area contributed by atoms with Crippen LogP contribution in [0.15, 0.2) is 54.6 Å². The lowest BCUT2D eigenvalue weighted by atomic mass is 9.99. The molecule has 0 unspecified atom stereocenters. The number of rotatable bonds is 4. The van der Waals surface area contributed by atoms with E-state index in [0.717, 1.165) is 36.1 Å². The highest BCUT2D eigenvalue weighted by molar-refractivity contribution is 7.18. The van der Waals surface area contributed by atoms with E-state index in [0.29, 0.717) is 11.5 Å². The van der Waals surface area contributed by atoms with Crippen LogP contribution in [0.25, 0.3) is 10.2 Å². The van der Waals surface area contributed by atoms with E-state index in [2.05, 4.69) is 10.6 Å². The maximum absolute atomic E-state index is 11.9. The van der Waals surface area contributed by atoms with Crippen molar-refractivity contribution in [2.75, 3.05) is 26.2 Å². The third kappa shape index (κ3) is 5.60. The summed E-state index contributed by atoms with van der Waals surface area (Å²) < 4.78 is 1.06. The van der Waals surface area contributed by atoms with Crippen molar-refractivity contribution >= 4 is 27.5 Å². The first-order valence-corrected chi connectivity index (χ1v) is 10.1. The van der Waals surface area contributed by atoms with Gasteiger partial charge in [-0.25, -0.2) is 4.98 Å². The van der Waals surface area contributed by atoms with E-state index in [9.17, 15) is 4.79 Å². The summed E-state index contributed by atoms with van der Waals surface area (Å²) in [6.45, 7) is 2.33. The second-order valence-electron chi connectivity index (χ2n) is 6.39. The number of hydrogen-bond acceptors (Lipinski definition) is 5. The number of aromatic nitrogens is 1. The molecule has 0 atom stereocenters. The van der Waals surface area contributed by atoms with Gasteiger partial charge in [-0.2, -0.15) is 0 Å². The van der Waals surface area contributed by atoms with Crippen LogP contribution in [-0.4, -0.2) is 42.2 Å². The SMILES string of the molecule is O=C(NCCO)c1ccc2nc(C3CCNCC3)sc2c1.c1ccccc1. The Morgan fingerprint density at radius 3 is 2.44 bits per heavy atom. The van der Waals surface area contributed by atoms with Crippen LogP contribution in [0.3, 0.4) is 0 Å². The average molecular weight is 384 g/mol. The number of hydrogen-bond donors (Lipinski definition) is 3. The monoisotopic (exact) mass is 383 g/mol. The zero-order valence-corrected chi connectivity index (χ0v) is 16.0. The molecule has 1 aromatic heterocycles. The second kappa shape index (κ2) is 10.2. The Balaban J connectivity index is 0.000000299. The third-order valence-electron chi connectivity index (χ3n) is 4.42. The molecule has 3 aromatic rings. The number of fused-ring (bicyclic) bond motifs is 1. The van der Waals surface area contributed by atoms with Crippen molar-refractivity contribution in [1.29, 1.82) is 0 Å². The molecule has 1 aliphatic heterocycles. The van der Waals surface area contributed by atoms with E-state index in [-0.39, 0.29) is 19.1 Å². The van der Waals surface area contributed by atoms with E-state index >= 15 is 0 Å². The van der Waals surface area contributed by atoms with Gasteiger partial charge in [0.05, 0.1) is 21.8 Å². The molecule has 2 aromatic carbocycles. The fourth-order valence-electron chi connectivity index (χ4n) is 2.98. The summed E-state index contributed by atoms with van der Waals surface area (Å²) in [6, 6.07) is 17.6. The Morgan fingerprint density at radius 1 is 1.15 bits per heavy atom. The minimum Gasteiger partial charge on any atom is -0.395 e. The molecule has 0 saturated carbocycles. The van der Waals surface area contributed by atoms with Crippen LogP contribution in [0, 0.1) is 0 Å². The number of aliphatic hydroxyl groups excluding tert-OH is 1. The molecule has 0 spiro atoms. The molecule has 1 fully saturated rings. The largest absolute Gasteiger partial charge is 0.395 e. The van der Waals surface area contributed by atoms with Crippen LogP contribution in [0.1, 0.15) is 34.1 Å². The predicted molar refractivity (Wildman–Crippen MR) is 110 cm³/mol. The Hall–Kier alpha value is -2.28. The number of benzene rings is 2. The topological polar surface area (TPSA) is 74.2 Å². The van der Waals surface area contributed by atoms with Gasteiger partial charge in [0.2, 0.25) is 0 Å². The van der Waals surface area contributed by atoms with E-state index in [1.165, 1.54) is 5.01 Å². The molecule has 0 aliphatic carbocycles. The first kappa shape index (κ1) is 19.5. The summed E-state index contributed by atoms with van der Waals surface area (Å²) in [4.78, 5) is 16.6. The number of amides is 1. The lowest BCUT2D eigenvalue weighted by molar-refractivity contribution is 0.0945. The van der Waals surface area contributed by atoms with Crippen molar-refractivity contribution in [3.63, 3.8) is 0 Å². The Morgan fingerprint density at radius 2 is 1.81 bits per heavy atom. The molecule has 1 amide bonds. The van der Waals surface area contributed by atoms with Crippen molar-refractivity contribution in [3.8, 4) is 0 Å². The molecular weight excluding hydrogens is 358 g/mol. The molecule has 5 nitrogen and oxygen atoms in total. The first-order valence-electron chi connectivity index (χ1n) is 9.28. The smallest absolute Gasteiger partial charge is 0.251 e. The van der Waals surface area contributed by atoms with Crippen LogP contribution in [0.5, 0.6) is 0 Å². The van der Waals surface area contributed by atoms with E-state index in [4.69, 9.17) is 10.1 Å². The summed E-state index contributed by atoms with van der Waals surface area (Å²) in [7, 11) is 0. The zero-order chi connectivity index (χ0) is 18.9. The summed E-state index contributed by atoms with van der Waals surface area (Å²) >= 11 is 1.69. The highest BCUT2D eigenvalue weighted by atomic mass is 32.1. The maximum atomic E-state index is 11.9. The van der Waals surface area contributed by atoms with Gasteiger partial charge in [0, 0.05) is 18.0 Å². The van der Waals surface area contributed by atoms with Crippen LogP contribution >= 0.6 is 11.3 Å². The van der Waals surface area contributed by atoms with E-state index in [1.54, 1.807) is 17.4 Å². The normalized spacial score (nSPS) is 14.4. The van der Waals surface area contributed by atoms with Crippen LogP contribution in [-0.2, 0) is 0 Å². The van der Waals surface area contributed by atoms with Crippen LogP contribution in [0.4, 0.5) is 0 Å². The minimum atomic E-state index is -0.150. The summed E-state index contributed by atoms with van der Waals surface area (Å²) in [5.41, 5.74) is 1.59. The molecule has 0 bridgehead atoms. The molecule has 6 heteroatoms. The van der Waals surface area contributed by atoms with Gasteiger partial charge in [0.15, 0.2) is 0 Å². The van der Waals surface area contributed by atoms with Crippen molar-refractivity contribution in [2.24, 2.45) is 0 Å². The van der Waals surface area contributed by atoms with Crippen molar-refractivity contribution in [1.82, 2.24) is 15.6 Å². The van der Waals surface area contributed by atoms with Gasteiger partial charge < -0.3 is 15.7 Å². The van der Waals surface area contributed by atoms with Crippen LogP contribution < -0.4 is 10.6 Å². The average Bonchev–Trinajstić information content (AvgIpc) is 3.18. The minimum absolute atomic E-state index is 0.0472. The number of carbonyl (C=O) groups is 1. The number of aliphatic hydroxyl groups is 1. The van der Waals surface area contributed by atoms with Gasteiger partial charge in [-0.15, -0.1) is 11.3 Å². The predicted octanol–water partition coefficient (Wildman–Crippen LogP) is 3.17. The second-order valence-corrected chi connectivity index (χ2v) is 7.46. The molecule has 3 N–H and O–H groups in total. The number of nitrogens with zero attached hydrogens (tertiary/aromatic N) is 1. The maximum Gasteiger partial charge on any atom is 0.251 e. The number of thiazole rings is 1.